The lowest BCUT2D eigenvalue weighted by atomic mass is 9.80. The summed E-state index contributed by atoms with van der Waals surface area (Å²) >= 11 is 3.58. The largest absolute Gasteiger partial charge is 0.379 e. The lowest BCUT2D eigenvalue weighted by molar-refractivity contribution is -0.124. The quantitative estimate of drug-likeness (QED) is 0.861. The van der Waals surface area contributed by atoms with Gasteiger partial charge in [0.15, 0.2) is 0 Å². The van der Waals surface area contributed by atoms with Gasteiger partial charge in [0.2, 0.25) is 5.91 Å². The Morgan fingerprint density at radius 3 is 2.58 bits per heavy atom. The second-order valence-corrected chi connectivity index (χ2v) is 7.12. The first-order valence-electron chi connectivity index (χ1n) is 8.21. The van der Waals surface area contributed by atoms with Crippen molar-refractivity contribution in [3.8, 4) is 0 Å². The molecule has 1 fully saturated rings. The molecule has 2 atom stereocenters. The normalized spacial score (nSPS) is 24.3. The fourth-order valence-electron chi connectivity index (χ4n) is 3.69. The number of anilines is 1. The standard InChI is InChI=1S/C19H19BrN2O2/c20-14-6-7-16-15(12-14)17(13-4-2-1-3-5-13)18(19(23)21-16)22-8-10-24-11-9-22/h1-7,12,17-18H,8-11H2,(H,21,23)/t17-,18-/m0/s1. The molecule has 0 bridgehead atoms. The highest BCUT2D eigenvalue weighted by Gasteiger charge is 2.40. The lowest BCUT2D eigenvalue weighted by Gasteiger charge is -2.41. The fourth-order valence-corrected chi connectivity index (χ4v) is 4.07. The number of hydrogen-bond acceptors (Lipinski definition) is 3. The molecule has 4 rings (SSSR count). The second kappa shape index (κ2) is 6.67. The first kappa shape index (κ1) is 15.8. The minimum absolute atomic E-state index is 0.0190. The van der Waals surface area contributed by atoms with Crippen molar-refractivity contribution < 1.29 is 9.53 Å². The summed E-state index contributed by atoms with van der Waals surface area (Å²) in [6.45, 7) is 2.92. The van der Waals surface area contributed by atoms with Gasteiger partial charge in [-0.15, -0.1) is 0 Å². The molecule has 2 aromatic rings. The molecule has 0 saturated carbocycles. The van der Waals surface area contributed by atoms with E-state index in [0.717, 1.165) is 28.8 Å². The van der Waals surface area contributed by atoms with E-state index in [2.05, 4.69) is 44.3 Å². The van der Waals surface area contributed by atoms with Crippen LogP contribution in [0.25, 0.3) is 0 Å². The van der Waals surface area contributed by atoms with Gasteiger partial charge in [-0.2, -0.15) is 0 Å². The molecule has 24 heavy (non-hydrogen) atoms. The van der Waals surface area contributed by atoms with Gasteiger partial charge in [-0.25, -0.2) is 0 Å². The van der Waals surface area contributed by atoms with Crippen molar-refractivity contribution in [3.63, 3.8) is 0 Å². The van der Waals surface area contributed by atoms with Crippen LogP contribution >= 0.6 is 15.9 Å². The van der Waals surface area contributed by atoms with E-state index in [9.17, 15) is 4.79 Å². The van der Waals surface area contributed by atoms with E-state index in [4.69, 9.17) is 4.74 Å². The maximum absolute atomic E-state index is 12.9. The van der Waals surface area contributed by atoms with Crippen molar-refractivity contribution in [2.24, 2.45) is 0 Å². The van der Waals surface area contributed by atoms with Crippen molar-refractivity contribution in [2.75, 3.05) is 31.6 Å². The molecule has 1 N–H and O–H groups in total. The molecule has 2 aliphatic heterocycles. The topological polar surface area (TPSA) is 41.6 Å². The van der Waals surface area contributed by atoms with Gasteiger partial charge in [-0.05, 0) is 29.3 Å². The number of benzene rings is 2. The molecule has 1 amide bonds. The van der Waals surface area contributed by atoms with E-state index >= 15 is 0 Å². The highest BCUT2D eigenvalue weighted by molar-refractivity contribution is 9.10. The number of ether oxygens (including phenoxy) is 1. The third-order valence-corrected chi connectivity index (χ3v) is 5.28. The van der Waals surface area contributed by atoms with Crippen LogP contribution in [0.3, 0.4) is 0 Å². The number of nitrogens with zero attached hydrogens (tertiary/aromatic N) is 1. The zero-order valence-corrected chi connectivity index (χ0v) is 14.8. The summed E-state index contributed by atoms with van der Waals surface area (Å²) in [5.74, 6) is 0.0890. The fraction of sp³-hybridized carbons (Fsp3) is 0.316. The summed E-state index contributed by atoms with van der Waals surface area (Å²) in [5.41, 5.74) is 3.23. The Morgan fingerprint density at radius 2 is 1.83 bits per heavy atom. The van der Waals surface area contributed by atoms with E-state index in [1.54, 1.807) is 0 Å². The van der Waals surface area contributed by atoms with Crippen LogP contribution in [0.1, 0.15) is 17.0 Å². The van der Waals surface area contributed by atoms with Gasteiger partial charge in [-0.1, -0.05) is 46.3 Å². The number of amides is 1. The van der Waals surface area contributed by atoms with Crippen LogP contribution < -0.4 is 5.32 Å². The van der Waals surface area contributed by atoms with Crippen LogP contribution in [0.2, 0.25) is 0 Å². The van der Waals surface area contributed by atoms with E-state index in [0.29, 0.717) is 13.2 Å². The van der Waals surface area contributed by atoms with E-state index in [1.807, 2.05) is 30.3 Å². The van der Waals surface area contributed by atoms with E-state index in [-0.39, 0.29) is 17.9 Å². The van der Waals surface area contributed by atoms with Crippen molar-refractivity contribution >= 4 is 27.5 Å². The molecule has 4 nitrogen and oxygen atoms in total. The Balaban J connectivity index is 1.83. The molecule has 2 heterocycles. The molecule has 1 saturated heterocycles. The molecular weight excluding hydrogens is 368 g/mol. The predicted octanol–water partition coefficient (Wildman–Crippen LogP) is 3.23. The molecule has 0 aromatic heterocycles. The van der Waals surface area contributed by atoms with Crippen molar-refractivity contribution in [3.05, 3.63) is 64.1 Å². The van der Waals surface area contributed by atoms with Crippen LogP contribution in [-0.2, 0) is 9.53 Å². The molecule has 5 heteroatoms. The monoisotopic (exact) mass is 386 g/mol. The zero-order chi connectivity index (χ0) is 16.5. The zero-order valence-electron chi connectivity index (χ0n) is 13.2. The number of carbonyl (C=O) groups is 1. The summed E-state index contributed by atoms with van der Waals surface area (Å²) in [7, 11) is 0. The van der Waals surface area contributed by atoms with Gasteiger partial charge < -0.3 is 10.1 Å². The summed E-state index contributed by atoms with van der Waals surface area (Å²) in [6.07, 6.45) is 0. The number of halogens is 1. The average molecular weight is 387 g/mol. The van der Waals surface area contributed by atoms with E-state index < -0.39 is 0 Å². The molecule has 0 radical (unpaired) electrons. The SMILES string of the molecule is O=C1Nc2ccc(Br)cc2[C@H](c2ccccc2)[C@@H]1N1CCOCC1. The van der Waals surface area contributed by atoms with Crippen LogP contribution in [-0.4, -0.2) is 43.2 Å². The van der Waals surface area contributed by atoms with Gasteiger partial charge in [0, 0.05) is 29.2 Å². The van der Waals surface area contributed by atoms with Gasteiger partial charge in [0.05, 0.1) is 13.2 Å². The van der Waals surface area contributed by atoms with Gasteiger partial charge in [0.1, 0.15) is 6.04 Å². The minimum atomic E-state index is -0.210. The molecule has 2 aromatic carbocycles. The maximum atomic E-state index is 12.9. The summed E-state index contributed by atoms with van der Waals surface area (Å²) in [4.78, 5) is 15.2. The third-order valence-electron chi connectivity index (χ3n) is 4.79. The Bertz CT molecular complexity index is 744. The van der Waals surface area contributed by atoms with Gasteiger partial charge in [-0.3, -0.25) is 9.69 Å². The number of rotatable bonds is 2. The summed E-state index contributed by atoms with van der Waals surface area (Å²) in [5, 5.41) is 3.09. The summed E-state index contributed by atoms with van der Waals surface area (Å²) < 4.78 is 6.50. The molecule has 0 spiro atoms. The molecular formula is C19H19BrN2O2. The average Bonchev–Trinajstić information content (AvgIpc) is 2.62. The first-order chi connectivity index (χ1) is 11.7. The highest BCUT2D eigenvalue weighted by Crippen LogP contribution is 2.40. The van der Waals surface area contributed by atoms with Crippen LogP contribution in [0.5, 0.6) is 0 Å². The maximum Gasteiger partial charge on any atom is 0.242 e. The Labute approximate surface area is 149 Å². The Morgan fingerprint density at radius 1 is 1.08 bits per heavy atom. The van der Waals surface area contributed by atoms with Crippen LogP contribution in [0.15, 0.2) is 53.0 Å². The van der Waals surface area contributed by atoms with Gasteiger partial charge in [0.25, 0.3) is 0 Å². The Kier molecular flexibility index (Phi) is 4.39. The predicted molar refractivity (Wildman–Crippen MR) is 97.2 cm³/mol. The number of fused-ring (bicyclic) bond motifs is 1. The number of nitrogens with one attached hydrogen (secondary N) is 1. The molecule has 0 unspecified atom stereocenters. The lowest BCUT2D eigenvalue weighted by Crippen LogP contribution is -2.54. The first-order valence-corrected chi connectivity index (χ1v) is 9.00. The van der Waals surface area contributed by atoms with Crippen molar-refractivity contribution in [2.45, 2.75) is 12.0 Å². The molecule has 124 valence electrons. The van der Waals surface area contributed by atoms with Crippen molar-refractivity contribution in [1.82, 2.24) is 4.90 Å². The number of hydrogen-bond donors (Lipinski definition) is 1. The van der Waals surface area contributed by atoms with Crippen molar-refractivity contribution in [1.29, 1.82) is 0 Å². The Hall–Kier alpha value is -1.69. The second-order valence-electron chi connectivity index (χ2n) is 6.20. The number of carbonyl (C=O) groups excluding carboxylic acids is 1. The smallest absolute Gasteiger partial charge is 0.242 e. The van der Waals surface area contributed by atoms with Gasteiger partial charge >= 0.3 is 0 Å². The molecule has 2 aliphatic rings. The minimum Gasteiger partial charge on any atom is -0.379 e. The number of morpholine rings is 1. The molecule has 0 aliphatic carbocycles. The summed E-state index contributed by atoms with van der Waals surface area (Å²) in [6, 6.07) is 16.2. The third kappa shape index (κ3) is 2.88. The van der Waals surface area contributed by atoms with Crippen LogP contribution in [0.4, 0.5) is 5.69 Å². The highest BCUT2D eigenvalue weighted by atomic mass is 79.9. The van der Waals surface area contributed by atoms with Crippen LogP contribution in [0, 0.1) is 0 Å². The van der Waals surface area contributed by atoms with E-state index in [1.165, 1.54) is 5.56 Å².